The molecule has 0 spiro atoms. The van der Waals surface area contributed by atoms with E-state index in [4.69, 9.17) is 0 Å². The summed E-state index contributed by atoms with van der Waals surface area (Å²) in [5.74, 6) is 0.496. The number of hydrazone groups is 1. The van der Waals surface area contributed by atoms with E-state index in [1.807, 2.05) is 41.9 Å². The van der Waals surface area contributed by atoms with Gasteiger partial charge in [-0.15, -0.1) is 10.2 Å². The van der Waals surface area contributed by atoms with Gasteiger partial charge in [0, 0.05) is 30.3 Å². The van der Waals surface area contributed by atoms with Crippen LogP contribution in [0.4, 0.5) is 5.69 Å². The predicted molar refractivity (Wildman–Crippen MR) is 106 cm³/mol. The number of hydrogen-bond donors (Lipinski definition) is 1. The van der Waals surface area contributed by atoms with Crippen molar-refractivity contribution < 1.29 is 9.72 Å². The van der Waals surface area contributed by atoms with E-state index in [1.165, 1.54) is 30.1 Å². The number of hydrogen-bond acceptors (Lipinski definition) is 7. The van der Waals surface area contributed by atoms with Crippen LogP contribution in [-0.4, -0.2) is 37.6 Å². The van der Waals surface area contributed by atoms with Crippen molar-refractivity contribution in [3.63, 3.8) is 0 Å². The van der Waals surface area contributed by atoms with Crippen LogP contribution in [0.15, 0.2) is 64.9 Å². The zero-order valence-electron chi connectivity index (χ0n) is 14.8. The first-order valence-corrected chi connectivity index (χ1v) is 9.17. The summed E-state index contributed by atoms with van der Waals surface area (Å²) < 4.78 is 1.82. The van der Waals surface area contributed by atoms with Gasteiger partial charge in [-0.25, -0.2) is 5.43 Å². The van der Waals surface area contributed by atoms with E-state index in [-0.39, 0.29) is 17.3 Å². The monoisotopic (exact) mass is 396 g/mol. The number of amides is 1. The van der Waals surface area contributed by atoms with Crippen molar-refractivity contribution in [2.75, 3.05) is 5.75 Å². The van der Waals surface area contributed by atoms with Crippen LogP contribution in [0.25, 0.3) is 11.4 Å². The Balaban J connectivity index is 1.54. The van der Waals surface area contributed by atoms with E-state index in [0.717, 1.165) is 5.56 Å². The number of carbonyl (C=O) groups excluding carboxylic acids is 1. The molecule has 0 fully saturated rings. The Bertz CT molecular complexity index is 1020. The third-order valence-corrected chi connectivity index (χ3v) is 4.70. The molecule has 142 valence electrons. The molecule has 9 nitrogen and oxygen atoms in total. The smallest absolute Gasteiger partial charge is 0.270 e. The molecule has 0 unspecified atom stereocenters. The van der Waals surface area contributed by atoms with Crippen molar-refractivity contribution in [3.8, 4) is 11.4 Å². The summed E-state index contributed by atoms with van der Waals surface area (Å²) in [6.07, 6.45) is 1.35. The van der Waals surface area contributed by atoms with Crippen molar-refractivity contribution in [1.82, 2.24) is 20.2 Å². The quantitative estimate of drug-likeness (QED) is 0.284. The molecule has 1 heterocycles. The lowest BCUT2D eigenvalue weighted by Crippen LogP contribution is -2.19. The molecule has 3 rings (SSSR count). The molecule has 28 heavy (non-hydrogen) atoms. The average Bonchev–Trinajstić information content (AvgIpc) is 3.07. The average molecular weight is 396 g/mol. The maximum absolute atomic E-state index is 12.0. The van der Waals surface area contributed by atoms with Crippen LogP contribution in [0.3, 0.4) is 0 Å². The highest BCUT2D eigenvalue weighted by Gasteiger charge is 2.12. The van der Waals surface area contributed by atoms with Crippen molar-refractivity contribution >= 4 is 29.6 Å². The standard InChI is InChI=1S/C18H16N6O3S/c1-23-17(14-7-3-2-4-8-14)21-22-18(23)28-12-16(25)20-19-11-13-6-5-9-15(10-13)24(26)27/h2-11H,12H2,1H3,(H,20,25)/b19-11-. The maximum Gasteiger partial charge on any atom is 0.270 e. The molecule has 1 aromatic heterocycles. The number of rotatable bonds is 7. The second-order valence-electron chi connectivity index (χ2n) is 5.67. The van der Waals surface area contributed by atoms with Crippen LogP contribution < -0.4 is 5.43 Å². The molecule has 0 aliphatic carbocycles. The molecule has 1 amide bonds. The van der Waals surface area contributed by atoms with Crippen molar-refractivity contribution in [1.29, 1.82) is 0 Å². The van der Waals surface area contributed by atoms with Crippen LogP contribution in [0, 0.1) is 10.1 Å². The number of nitrogens with one attached hydrogen (secondary N) is 1. The van der Waals surface area contributed by atoms with E-state index in [9.17, 15) is 14.9 Å². The fraction of sp³-hybridized carbons (Fsp3) is 0.111. The first kappa shape index (κ1) is 19.2. The van der Waals surface area contributed by atoms with Gasteiger partial charge in [-0.3, -0.25) is 14.9 Å². The third-order valence-electron chi connectivity index (χ3n) is 3.68. The number of nitrogens with zero attached hydrogens (tertiary/aromatic N) is 5. The lowest BCUT2D eigenvalue weighted by atomic mass is 10.2. The summed E-state index contributed by atoms with van der Waals surface area (Å²) >= 11 is 1.24. The molecular formula is C18H16N6O3S. The fourth-order valence-electron chi connectivity index (χ4n) is 2.34. The first-order valence-electron chi connectivity index (χ1n) is 8.18. The van der Waals surface area contributed by atoms with Gasteiger partial charge in [0.1, 0.15) is 0 Å². The van der Waals surface area contributed by atoms with Gasteiger partial charge in [-0.1, -0.05) is 54.2 Å². The molecule has 1 N–H and O–H groups in total. The van der Waals surface area contributed by atoms with E-state index in [0.29, 0.717) is 16.5 Å². The summed E-state index contributed by atoms with van der Waals surface area (Å²) in [6, 6.07) is 15.6. The fourth-order valence-corrected chi connectivity index (χ4v) is 3.04. The second-order valence-corrected chi connectivity index (χ2v) is 6.61. The van der Waals surface area contributed by atoms with E-state index < -0.39 is 4.92 Å². The Kier molecular flexibility index (Phi) is 6.12. The number of benzene rings is 2. The Morgan fingerprint density at radius 2 is 2.04 bits per heavy atom. The zero-order valence-corrected chi connectivity index (χ0v) is 15.7. The largest absolute Gasteiger partial charge is 0.305 e. The predicted octanol–water partition coefficient (Wildman–Crippen LogP) is 2.63. The molecule has 0 saturated carbocycles. The molecular weight excluding hydrogens is 380 g/mol. The van der Waals surface area contributed by atoms with Gasteiger partial charge in [-0.05, 0) is 0 Å². The van der Waals surface area contributed by atoms with Gasteiger partial charge in [0.25, 0.3) is 11.6 Å². The summed E-state index contributed by atoms with van der Waals surface area (Å²) in [4.78, 5) is 22.2. The minimum Gasteiger partial charge on any atom is -0.305 e. The van der Waals surface area contributed by atoms with Crippen LogP contribution in [0.1, 0.15) is 5.56 Å². The number of carbonyl (C=O) groups is 1. The number of nitro benzene ring substituents is 1. The summed E-state index contributed by atoms with van der Waals surface area (Å²) in [5.41, 5.74) is 3.81. The molecule has 0 aliphatic rings. The minimum absolute atomic E-state index is 0.0395. The van der Waals surface area contributed by atoms with Gasteiger partial charge in [-0.2, -0.15) is 5.10 Å². The Labute approximate surface area is 164 Å². The van der Waals surface area contributed by atoms with Gasteiger partial charge in [0.15, 0.2) is 11.0 Å². The number of non-ortho nitro benzene ring substituents is 1. The van der Waals surface area contributed by atoms with Crippen LogP contribution in [-0.2, 0) is 11.8 Å². The lowest BCUT2D eigenvalue weighted by Gasteiger charge is -2.03. The van der Waals surface area contributed by atoms with E-state index >= 15 is 0 Å². The highest BCUT2D eigenvalue weighted by Crippen LogP contribution is 2.22. The highest BCUT2D eigenvalue weighted by molar-refractivity contribution is 7.99. The molecule has 2 aromatic carbocycles. The summed E-state index contributed by atoms with van der Waals surface area (Å²) in [7, 11) is 1.84. The number of thioether (sulfide) groups is 1. The molecule has 10 heteroatoms. The second kappa shape index (κ2) is 8.91. The SMILES string of the molecule is Cn1c(SCC(=O)N/N=C\c2cccc([N+](=O)[O-])c2)nnc1-c1ccccc1. The Morgan fingerprint density at radius 1 is 1.25 bits per heavy atom. The highest BCUT2D eigenvalue weighted by atomic mass is 32.2. The molecule has 0 atom stereocenters. The van der Waals surface area contributed by atoms with Crippen LogP contribution in [0.2, 0.25) is 0 Å². The molecule has 3 aromatic rings. The first-order chi connectivity index (χ1) is 13.5. The van der Waals surface area contributed by atoms with E-state index in [1.54, 1.807) is 12.1 Å². The summed E-state index contributed by atoms with van der Waals surface area (Å²) in [6.45, 7) is 0. The van der Waals surface area contributed by atoms with Crippen LogP contribution in [0.5, 0.6) is 0 Å². The van der Waals surface area contributed by atoms with Gasteiger partial charge in [0.05, 0.1) is 16.9 Å². The number of aromatic nitrogens is 3. The molecule has 0 radical (unpaired) electrons. The van der Waals surface area contributed by atoms with Crippen molar-refractivity contribution in [2.45, 2.75) is 5.16 Å². The van der Waals surface area contributed by atoms with Gasteiger partial charge in [0.2, 0.25) is 0 Å². The molecule has 0 saturated heterocycles. The number of nitro groups is 1. The molecule has 0 bridgehead atoms. The minimum atomic E-state index is -0.489. The lowest BCUT2D eigenvalue weighted by molar-refractivity contribution is -0.384. The normalized spacial score (nSPS) is 10.9. The topological polar surface area (TPSA) is 115 Å². The van der Waals surface area contributed by atoms with Gasteiger partial charge >= 0.3 is 0 Å². The zero-order chi connectivity index (χ0) is 19.9. The Morgan fingerprint density at radius 3 is 2.79 bits per heavy atom. The van der Waals surface area contributed by atoms with Crippen molar-refractivity contribution in [2.24, 2.45) is 12.1 Å². The van der Waals surface area contributed by atoms with E-state index in [2.05, 4.69) is 20.7 Å². The molecule has 0 aliphatic heterocycles. The summed E-state index contributed by atoms with van der Waals surface area (Å²) in [5, 5.41) is 23.5. The van der Waals surface area contributed by atoms with Gasteiger partial charge < -0.3 is 4.57 Å². The van der Waals surface area contributed by atoms with Crippen molar-refractivity contribution in [3.05, 3.63) is 70.3 Å². The van der Waals surface area contributed by atoms with Crippen LogP contribution >= 0.6 is 11.8 Å². The Hall–Kier alpha value is -3.53. The maximum atomic E-state index is 12.0. The third kappa shape index (κ3) is 4.80.